The molecule has 0 spiro atoms. The summed E-state index contributed by atoms with van der Waals surface area (Å²) in [4.78, 5) is 6.68. The number of aromatic nitrogens is 2. The van der Waals surface area contributed by atoms with Crippen LogP contribution in [0.2, 0.25) is 0 Å². The van der Waals surface area contributed by atoms with Crippen molar-refractivity contribution in [2.45, 2.75) is 0 Å². The first-order valence-electron chi connectivity index (χ1n) is 2.11. The van der Waals surface area contributed by atoms with Gasteiger partial charge in [0.05, 0.1) is 4.60 Å². The Kier molecular flexibility index (Phi) is 2.37. The van der Waals surface area contributed by atoms with E-state index >= 15 is 0 Å². The van der Waals surface area contributed by atoms with Crippen molar-refractivity contribution in [1.29, 1.82) is 0 Å². The molecule has 0 aliphatic rings. The molecule has 0 saturated carbocycles. The Hall–Kier alpha value is 0.260. The predicted molar refractivity (Wildman–Crippen MR) is 44.8 cm³/mol. The maximum absolute atomic E-state index is 4.76. The first kappa shape index (κ1) is 7.37. The second-order valence-corrected chi connectivity index (χ2v) is 3.41. The van der Waals surface area contributed by atoms with E-state index in [1.54, 1.807) is 6.07 Å². The Morgan fingerprint density at radius 3 is 2.67 bits per heavy atom. The van der Waals surface area contributed by atoms with Gasteiger partial charge in [-0.1, -0.05) is 0 Å². The van der Waals surface area contributed by atoms with Gasteiger partial charge in [0.15, 0.2) is 4.77 Å². The highest BCUT2D eigenvalue weighted by Crippen LogP contribution is 2.10. The van der Waals surface area contributed by atoms with Gasteiger partial charge < -0.3 is 4.98 Å². The van der Waals surface area contributed by atoms with Gasteiger partial charge in [-0.15, -0.1) is 0 Å². The fourth-order valence-electron chi connectivity index (χ4n) is 0.400. The summed E-state index contributed by atoms with van der Waals surface area (Å²) in [6.07, 6.45) is 0. The molecule has 1 aromatic heterocycles. The third-order valence-corrected chi connectivity index (χ3v) is 1.71. The lowest BCUT2D eigenvalue weighted by Crippen LogP contribution is -1.81. The van der Waals surface area contributed by atoms with Crippen LogP contribution in [0.5, 0.6) is 0 Å². The van der Waals surface area contributed by atoms with Gasteiger partial charge in [0.2, 0.25) is 0 Å². The molecule has 48 valence electrons. The molecule has 1 rings (SSSR count). The topological polar surface area (TPSA) is 28.7 Å². The van der Waals surface area contributed by atoms with Crippen molar-refractivity contribution >= 4 is 44.1 Å². The first-order chi connectivity index (χ1) is 4.18. The summed E-state index contributed by atoms with van der Waals surface area (Å²) in [7, 11) is 0. The van der Waals surface area contributed by atoms with Crippen LogP contribution in [-0.4, -0.2) is 9.97 Å². The van der Waals surface area contributed by atoms with E-state index in [0.29, 0.717) is 4.77 Å². The van der Waals surface area contributed by atoms with Gasteiger partial charge in [-0.25, -0.2) is 4.98 Å². The molecule has 5 heteroatoms. The molecule has 0 saturated heterocycles. The number of hydrogen-bond donors (Lipinski definition) is 1. The Morgan fingerprint density at radius 2 is 2.22 bits per heavy atom. The van der Waals surface area contributed by atoms with E-state index in [2.05, 4.69) is 41.8 Å². The van der Waals surface area contributed by atoms with E-state index in [9.17, 15) is 0 Å². The molecule has 0 aromatic carbocycles. The number of nitrogens with zero attached hydrogens (tertiary/aromatic N) is 1. The molecule has 1 N–H and O–H groups in total. The van der Waals surface area contributed by atoms with E-state index in [4.69, 9.17) is 12.2 Å². The van der Waals surface area contributed by atoms with Gasteiger partial charge in [-0.3, -0.25) is 0 Å². The third kappa shape index (κ3) is 2.15. The second kappa shape index (κ2) is 2.90. The zero-order valence-corrected chi connectivity index (χ0v) is 8.18. The maximum Gasteiger partial charge on any atom is 0.198 e. The summed E-state index contributed by atoms with van der Waals surface area (Å²) >= 11 is 11.2. The summed E-state index contributed by atoms with van der Waals surface area (Å²) in [5.74, 6) is 0. The van der Waals surface area contributed by atoms with Crippen LogP contribution in [0.1, 0.15) is 0 Å². The fraction of sp³-hybridized carbons (Fsp3) is 0. The van der Waals surface area contributed by atoms with Crippen molar-refractivity contribution < 1.29 is 0 Å². The number of halogens is 2. The average Bonchev–Trinajstić information content (AvgIpc) is 1.59. The molecular formula is C4H2Br2N2S. The largest absolute Gasteiger partial charge is 0.325 e. The Bertz CT molecular complexity index is 246. The highest BCUT2D eigenvalue weighted by atomic mass is 79.9. The van der Waals surface area contributed by atoms with Crippen molar-refractivity contribution in [2.75, 3.05) is 0 Å². The summed E-state index contributed by atoms with van der Waals surface area (Å²) in [5, 5.41) is 0. The maximum atomic E-state index is 4.76. The van der Waals surface area contributed by atoms with Crippen LogP contribution < -0.4 is 0 Å². The molecule has 9 heavy (non-hydrogen) atoms. The molecule has 0 atom stereocenters. The van der Waals surface area contributed by atoms with Crippen molar-refractivity contribution in [3.63, 3.8) is 0 Å². The Morgan fingerprint density at radius 1 is 1.56 bits per heavy atom. The molecule has 0 aliphatic heterocycles. The lowest BCUT2D eigenvalue weighted by molar-refractivity contribution is 1.08. The van der Waals surface area contributed by atoms with Gasteiger partial charge in [0, 0.05) is 6.07 Å². The molecule has 2 nitrogen and oxygen atoms in total. The molecule has 0 bridgehead atoms. The van der Waals surface area contributed by atoms with Crippen molar-refractivity contribution in [2.24, 2.45) is 0 Å². The molecule has 0 fully saturated rings. The lowest BCUT2D eigenvalue weighted by Gasteiger charge is -1.89. The van der Waals surface area contributed by atoms with Crippen molar-refractivity contribution in [1.82, 2.24) is 9.97 Å². The molecular weight excluding hydrogens is 268 g/mol. The monoisotopic (exact) mass is 268 g/mol. The first-order valence-corrected chi connectivity index (χ1v) is 4.10. The van der Waals surface area contributed by atoms with Crippen LogP contribution >= 0.6 is 44.1 Å². The van der Waals surface area contributed by atoms with E-state index in [1.165, 1.54) is 0 Å². The number of nitrogens with one attached hydrogen (secondary N) is 1. The standard InChI is InChI=1S/C4H2Br2N2S/c5-2-1-3(6)8-4(9)7-2/h1H,(H,7,8,9). The van der Waals surface area contributed by atoms with E-state index in [-0.39, 0.29) is 0 Å². The SMILES string of the molecule is S=c1nc(Br)cc(Br)[nH]1. The Balaban J connectivity index is 3.33. The smallest absolute Gasteiger partial charge is 0.198 e. The predicted octanol–water partition coefficient (Wildman–Crippen LogP) is 2.66. The number of hydrogen-bond acceptors (Lipinski definition) is 2. The normalized spacial score (nSPS) is 9.56. The highest BCUT2D eigenvalue weighted by Gasteiger charge is 1.89. The van der Waals surface area contributed by atoms with Crippen molar-refractivity contribution in [3.05, 3.63) is 20.0 Å². The van der Waals surface area contributed by atoms with Gasteiger partial charge in [0.1, 0.15) is 4.60 Å². The van der Waals surface area contributed by atoms with Gasteiger partial charge in [-0.05, 0) is 44.1 Å². The lowest BCUT2D eigenvalue weighted by atomic mass is 10.7. The fourth-order valence-corrected chi connectivity index (χ4v) is 1.97. The van der Waals surface area contributed by atoms with E-state index in [0.717, 1.165) is 9.21 Å². The summed E-state index contributed by atoms with van der Waals surface area (Å²) < 4.78 is 2.03. The third-order valence-electron chi connectivity index (χ3n) is 0.681. The molecule has 0 amide bonds. The van der Waals surface area contributed by atoms with Gasteiger partial charge >= 0.3 is 0 Å². The van der Waals surface area contributed by atoms with E-state index in [1.807, 2.05) is 0 Å². The minimum atomic E-state index is 0.469. The van der Waals surface area contributed by atoms with Crippen LogP contribution in [-0.2, 0) is 0 Å². The number of aromatic amines is 1. The summed E-state index contributed by atoms with van der Waals surface area (Å²) in [5.41, 5.74) is 0. The Labute approximate surface area is 74.0 Å². The van der Waals surface area contributed by atoms with Crippen LogP contribution in [0.25, 0.3) is 0 Å². The van der Waals surface area contributed by atoms with Crippen LogP contribution in [0.4, 0.5) is 0 Å². The van der Waals surface area contributed by atoms with Gasteiger partial charge in [-0.2, -0.15) is 0 Å². The second-order valence-electron chi connectivity index (χ2n) is 1.36. The quantitative estimate of drug-likeness (QED) is 0.580. The molecule has 1 heterocycles. The number of rotatable bonds is 0. The highest BCUT2D eigenvalue weighted by molar-refractivity contribution is 9.11. The van der Waals surface area contributed by atoms with Crippen LogP contribution in [0.15, 0.2) is 15.3 Å². The van der Waals surface area contributed by atoms with Crippen LogP contribution in [0.3, 0.4) is 0 Å². The minimum absolute atomic E-state index is 0.469. The van der Waals surface area contributed by atoms with Crippen LogP contribution in [0, 0.1) is 4.77 Å². The molecule has 1 aromatic rings. The van der Waals surface area contributed by atoms with Gasteiger partial charge in [0.25, 0.3) is 0 Å². The number of H-pyrrole nitrogens is 1. The molecule has 0 radical (unpaired) electrons. The molecule has 0 aliphatic carbocycles. The minimum Gasteiger partial charge on any atom is -0.325 e. The summed E-state index contributed by atoms with van der Waals surface area (Å²) in [6.45, 7) is 0. The summed E-state index contributed by atoms with van der Waals surface area (Å²) in [6, 6.07) is 1.79. The molecule has 0 unspecified atom stereocenters. The van der Waals surface area contributed by atoms with E-state index < -0.39 is 0 Å². The average molecular weight is 270 g/mol. The zero-order chi connectivity index (χ0) is 6.85. The zero-order valence-electron chi connectivity index (χ0n) is 4.19. The van der Waals surface area contributed by atoms with Crippen molar-refractivity contribution in [3.8, 4) is 0 Å².